The molecular weight excluding hydrogens is 280 g/mol. The van der Waals surface area contributed by atoms with Crippen LogP contribution in [0.25, 0.3) is 34.4 Å². The van der Waals surface area contributed by atoms with Crippen LogP contribution in [0.1, 0.15) is 35.2 Å². The fraction of sp³-hybridized carbons (Fsp3) is 0.190. The Morgan fingerprint density at radius 1 is 0.957 bits per heavy atom. The summed E-state index contributed by atoms with van der Waals surface area (Å²) in [5.41, 5.74) is 8.77. The van der Waals surface area contributed by atoms with Gasteiger partial charge in [-0.2, -0.15) is 0 Å². The molecule has 1 aromatic carbocycles. The second-order valence-corrected chi connectivity index (χ2v) is 6.42. The van der Waals surface area contributed by atoms with Crippen LogP contribution in [0.15, 0.2) is 42.5 Å². The van der Waals surface area contributed by atoms with E-state index in [4.69, 9.17) is 4.98 Å². The lowest BCUT2D eigenvalue weighted by molar-refractivity contribution is 0.676. The number of rotatable bonds is 0. The van der Waals surface area contributed by atoms with Gasteiger partial charge in [0.1, 0.15) is 0 Å². The molecule has 0 amide bonds. The lowest BCUT2D eigenvalue weighted by atomic mass is 9.93. The molecule has 2 heteroatoms. The molecule has 1 N–H and O–H groups in total. The van der Waals surface area contributed by atoms with E-state index in [1.807, 2.05) is 0 Å². The van der Waals surface area contributed by atoms with Crippen LogP contribution in [0.5, 0.6) is 0 Å². The van der Waals surface area contributed by atoms with Crippen molar-refractivity contribution in [2.75, 3.05) is 0 Å². The second-order valence-electron chi connectivity index (χ2n) is 6.42. The normalized spacial score (nSPS) is 18.4. The number of fused-ring (bicyclic) bond motifs is 6. The highest BCUT2D eigenvalue weighted by Gasteiger charge is 2.22. The van der Waals surface area contributed by atoms with Gasteiger partial charge in [0.25, 0.3) is 0 Å². The maximum atomic E-state index is 4.99. The third kappa shape index (κ3) is 1.98. The number of hydrogen-bond donors (Lipinski definition) is 1. The minimum absolute atomic E-state index is 1.06. The number of para-hydroxylation sites is 1. The molecular formula is C21H18N2. The highest BCUT2D eigenvalue weighted by Crippen LogP contribution is 2.36. The van der Waals surface area contributed by atoms with Crippen LogP contribution in [0, 0.1) is 0 Å². The molecule has 2 heterocycles. The number of aryl methyl sites for hydroxylation is 1. The molecule has 23 heavy (non-hydrogen) atoms. The predicted octanol–water partition coefficient (Wildman–Crippen LogP) is 5.15. The third-order valence-electron chi connectivity index (χ3n) is 4.98. The van der Waals surface area contributed by atoms with Gasteiger partial charge in [-0.15, -0.1) is 0 Å². The van der Waals surface area contributed by atoms with Crippen molar-refractivity contribution in [1.82, 2.24) is 9.97 Å². The number of aromatic nitrogens is 2. The summed E-state index contributed by atoms with van der Waals surface area (Å²) >= 11 is 0. The number of nitrogens with zero attached hydrogens (tertiary/aromatic N) is 1. The van der Waals surface area contributed by atoms with Gasteiger partial charge in [-0.1, -0.05) is 42.5 Å². The molecule has 0 saturated carbocycles. The SMILES string of the molecule is C1=C\c2cc3ccccc3nc2-c2[nH]c3c(c2\C=C/1)CCCC3. The molecule has 0 aliphatic heterocycles. The number of nitrogens with one attached hydrogen (secondary N) is 1. The van der Waals surface area contributed by atoms with Crippen LogP contribution in [0.3, 0.4) is 0 Å². The number of H-pyrrole nitrogens is 1. The Labute approximate surface area is 135 Å². The molecule has 3 aromatic rings. The molecule has 2 nitrogen and oxygen atoms in total. The molecule has 2 aromatic heterocycles. The number of aromatic amines is 1. The summed E-state index contributed by atoms with van der Waals surface area (Å²) in [5, 5.41) is 1.19. The first kappa shape index (κ1) is 12.9. The number of benzene rings is 1. The maximum Gasteiger partial charge on any atom is 0.0950 e. The van der Waals surface area contributed by atoms with E-state index < -0.39 is 0 Å². The van der Waals surface area contributed by atoms with Gasteiger partial charge in [-0.25, -0.2) is 4.98 Å². The van der Waals surface area contributed by atoms with Gasteiger partial charge in [0.2, 0.25) is 0 Å². The zero-order valence-corrected chi connectivity index (χ0v) is 13.0. The highest BCUT2D eigenvalue weighted by molar-refractivity contribution is 5.89. The summed E-state index contributed by atoms with van der Waals surface area (Å²) in [6.45, 7) is 0. The average molecular weight is 298 g/mol. The Morgan fingerprint density at radius 2 is 1.83 bits per heavy atom. The van der Waals surface area contributed by atoms with E-state index in [0.717, 1.165) is 17.6 Å². The van der Waals surface area contributed by atoms with Crippen LogP contribution < -0.4 is 0 Å². The van der Waals surface area contributed by atoms with Crippen molar-refractivity contribution in [3.8, 4) is 11.4 Å². The molecule has 0 bridgehead atoms. The fourth-order valence-corrected chi connectivity index (χ4v) is 3.85. The predicted molar refractivity (Wildman–Crippen MR) is 96.2 cm³/mol. The van der Waals surface area contributed by atoms with Crippen molar-refractivity contribution < 1.29 is 0 Å². The lowest BCUT2D eigenvalue weighted by Crippen LogP contribution is -2.00. The Bertz CT molecular complexity index is 973. The molecule has 5 rings (SSSR count). The van der Waals surface area contributed by atoms with E-state index in [9.17, 15) is 0 Å². The van der Waals surface area contributed by atoms with Gasteiger partial charge < -0.3 is 4.98 Å². The first-order chi connectivity index (χ1) is 11.4. The van der Waals surface area contributed by atoms with Crippen molar-refractivity contribution in [1.29, 1.82) is 0 Å². The standard InChI is InChI=1S/C21H18N2/c1-3-10-17-16-9-4-6-12-19(16)23-21(17)20-15(8-1)13-14-7-2-5-11-18(14)22-20/h1-3,5,7-8,10-11,13,23H,4,6,9,12H2/b3-1?,8-1-,10-3-,15-8?,17-10?,21-20?. The third-order valence-corrected chi connectivity index (χ3v) is 4.98. The lowest BCUT2D eigenvalue weighted by Gasteiger charge is -2.12. The topological polar surface area (TPSA) is 28.7 Å². The van der Waals surface area contributed by atoms with E-state index in [-0.39, 0.29) is 0 Å². The molecule has 0 spiro atoms. The maximum absolute atomic E-state index is 4.99. The monoisotopic (exact) mass is 298 g/mol. The fourth-order valence-electron chi connectivity index (χ4n) is 3.85. The van der Waals surface area contributed by atoms with Gasteiger partial charge in [-0.05, 0) is 43.4 Å². The Hall–Kier alpha value is -2.61. The smallest absolute Gasteiger partial charge is 0.0950 e. The van der Waals surface area contributed by atoms with Crippen molar-refractivity contribution >= 4 is 23.1 Å². The van der Waals surface area contributed by atoms with E-state index >= 15 is 0 Å². The van der Waals surface area contributed by atoms with Crippen LogP contribution in [-0.4, -0.2) is 9.97 Å². The molecule has 2 aliphatic rings. The van der Waals surface area contributed by atoms with Crippen LogP contribution in [0.2, 0.25) is 0 Å². The van der Waals surface area contributed by atoms with Crippen LogP contribution in [0.4, 0.5) is 0 Å². The summed E-state index contributed by atoms with van der Waals surface area (Å²) in [5.74, 6) is 0. The molecule has 0 fully saturated rings. The molecule has 112 valence electrons. The minimum atomic E-state index is 1.06. The van der Waals surface area contributed by atoms with Crippen LogP contribution >= 0.6 is 0 Å². The molecule has 0 atom stereocenters. The summed E-state index contributed by atoms with van der Waals surface area (Å²) in [6.07, 6.45) is 13.6. The zero-order valence-electron chi connectivity index (χ0n) is 13.0. The van der Waals surface area contributed by atoms with E-state index in [1.165, 1.54) is 52.7 Å². The molecule has 2 aliphatic carbocycles. The molecule has 0 saturated heterocycles. The Balaban J connectivity index is 1.84. The Kier molecular flexibility index (Phi) is 2.77. The molecule has 0 radical (unpaired) electrons. The number of hydrogen-bond acceptors (Lipinski definition) is 1. The van der Waals surface area contributed by atoms with Crippen molar-refractivity contribution in [2.45, 2.75) is 25.7 Å². The first-order valence-corrected chi connectivity index (χ1v) is 8.39. The van der Waals surface area contributed by atoms with Crippen molar-refractivity contribution in [3.63, 3.8) is 0 Å². The number of allylic oxidation sites excluding steroid dienone is 2. The van der Waals surface area contributed by atoms with Crippen LogP contribution in [-0.2, 0) is 12.8 Å². The largest absolute Gasteiger partial charge is 0.356 e. The quantitative estimate of drug-likeness (QED) is 0.611. The van der Waals surface area contributed by atoms with Gasteiger partial charge in [0.15, 0.2) is 0 Å². The van der Waals surface area contributed by atoms with Gasteiger partial charge in [-0.3, -0.25) is 0 Å². The number of pyridine rings is 1. The summed E-state index contributed by atoms with van der Waals surface area (Å²) in [6, 6.07) is 10.6. The summed E-state index contributed by atoms with van der Waals surface area (Å²) in [4.78, 5) is 8.68. The van der Waals surface area contributed by atoms with Crippen molar-refractivity contribution in [3.05, 3.63) is 64.9 Å². The van der Waals surface area contributed by atoms with E-state index in [1.54, 1.807) is 0 Å². The van der Waals surface area contributed by atoms with E-state index in [0.29, 0.717) is 0 Å². The summed E-state index contributed by atoms with van der Waals surface area (Å²) < 4.78 is 0. The summed E-state index contributed by atoms with van der Waals surface area (Å²) in [7, 11) is 0. The van der Waals surface area contributed by atoms with Gasteiger partial charge >= 0.3 is 0 Å². The van der Waals surface area contributed by atoms with Gasteiger partial charge in [0, 0.05) is 22.2 Å². The van der Waals surface area contributed by atoms with Gasteiger partial charge in [0.05, 0.1) is 16.9 Å². The minimum Gasteiger partial charge on any atom is -0.356 e. The zero-order chi connectivity index (χ0) is 15.2. The van der Waals surface area contributed by atoms with E-state index in [2.05, 4.69) is 59.6 Å². The molecule has 0 unspecified atom stereocenters. The first-order valence-electron chi connectivity index (χ1n) is 8.39. The van der Waals surface area contributed by atoms with Crippen molar-refractivity contribution in [2.24, 2.45) is 0 Å². The highest BCUT2D eigenvalue weighted by atomic mass is 14.8. The average Bonchev–Trinajstić information content (AvgIpc) is 2.94. The second kappa shape index (κ2) is 4.95. The Morgan fingerprint density at radius 3 is 2.83 bits per heavy atom.